The van der Waals surface area contributed by atoms with Gasteiger partial charge in [0.15, 0.2) is 11.8 Å². The van der Waals surface area contributed by atoms with Crippen molar-refractivity contribution < 1.29 is 46.9 Å². The Bertz CT molecular complexity index is 2410. The molecular formula is C73H118N3O9P. The van der Waals surface area contributed by atoms with Crippen LogP contribution in [0.15, 0.2) is 84.6 Å². The Morgan fingerprint density at radius 3 is 1.59 bits per heavy atom. The molecule has 2 heterocycles. The third-order valence-electron chi connectivity index (χ3n) is 17.5. The maximum atomic E-state index is 13.0. The molecule has 0 bridgehead atoms. The van der Waals surface area contributed by atoms with Crippen molar-refractivity contribution in [1.29, 1.82) is 0 Å². The van der Waals surface area contributed by atoms with Crippen molar-refractivity contribution in [3.8, 4) is 0 Å². The van der Waals surface area contributed by atoms with Crippen LogP contribution in [0, 0.1) is 0 Å². The molecule has 0 aliphatic carbocycles. The Balaban J connectivity index is 1.14. The first-order valence-corrected chi connectivity index (χ1v) is 35.9. The zero-order valence-corrected chi connectivity index (χ0v) is 56.0. The van der Waals surface area contributed by atoms with E-state index in [1.54, 1.807) is 0 Å². The SMILES string of the molecule is CCCCCCCCCCCCCCCCCC(=O)OC[C@H](COP(=O)([O-])OCCNC(=O)CCCCCN1\C(=C/C=C/C=C/C2=[N+](C)c3ccccc3C2(C)C)C(C)(C)c2ccccc21)OC(=O)CCCCCCCCCCCCCCCCC. The van der Waals surface area contributed by atoms with Crippen LogP contribution < -0.4 is 15.1 Å². The topological polar surface area (TPSA) is 147 Å². The number of anilines is 1. The van der Waals surface area contributed by atoms with Gasteiger partial charge in [0.2, 0.25) is 11.6 Å². The number of nitrogens with zero attached hydrogens (tertiary/aromatic N) is 2. The summed E-state index contributed by atoms with van der Waals surface area (Å²) in [5, 5.41) is 2.76. The maximum absolute atomic E-state index is 13.0. The second-order valence-electron chi connectivity index (χ2n) is 25.6. The van der Waals surface area contributed by atoms with Crippen LogP contribution in [-0.4, -0.2) is 74.2 Å². The fraction of sp³-hybridized carbons (Fsp3) is 0.699. The van der Waals surface area contributed by atoms with Crippen molar-refractivity contribution in [2.75, 3.05) is 44.9 Å². The molecule has 4 rings (SSSR count). The molecule has 86 heavy (non-hydrogen) atoms. The zero-order chi connectivity index (χ0) is 62.1. The first kappa shape index (κ1) is 74.1. The molecule has 1 N–H and O–H groups in total. The average Bonchev–Trinajstić information content (AvgIpc) is 1.77. The fourth-order valence-corrected chi connectivity index (χ4v) is 13.1. The van der Waals surface area contributed by atoms with Gasteiger partial charge in [-0.1, -0.05) is 269 Å². The second-order valence-corrected chi connectivity index (χ2v) is 27.0. The van der Waals surface area contributed by atoms with Gasteiger partial charge in [-0.15, -0.1) is 0 Å². The van der Waals surface area contributed by atoms with Crippen molar-refractivity contribution >= 4 is 42.8 Å². The summed E-state index contributed by atoms with van der Waals surface area (Å²) >= 11 is 0. The Kier molecular flexibility index (Phi) is 37.4. The number of benzene rings is 2. The second kappa shape index (κ2) is 43.3. The fourth-order valence-electron chi connectivity index (χ4n) is 12.3. The van der Waals surface area contributed by atoms with E-state index in [0.717, 1.165) is 57.9 Å². The molecule has 0 radical (unpaired) electrons. The molecule has 2 aromatic rings. The van der Waals surface area contributed by atoms with Crippen molar-refractivity contribution in [2.24, 2.45) is 0 Å². The minimum atomic E-state index is -4.86. The van der Waals surface area contributed by atoms with Crippen LogP contribution in [0.2, 0.25) is 0 Å². The van der Waals surface area contributed by atoms with Gasteiger partial charge in [-0.3, -0.25) is 18.9 Å². The summed E-state index contributed by atoms with van der Waals surface area (Å²) in [5.41, 5.74) is 7.29. The van der Waals surface area contributed by atoms with Crippen molar-refractivity contribution in [2.45, 2.75) is 290 Å². The van der Waals surface area contributed by atoms with E-state index in [2.05, 4.69) is 142 Å². The number of carbonyl (C=O) groups excluding carboxylic acids is 3. The normalized spacial score (nSPS) is 15.9. The molecule has 0 saturated heterocycles. The molecule has 0 aromatic heterocycles. The van der Waals surface area contributed by atoms with E-state index in [4.69, 9.17) is 18.5 Å². The molecule has 2 atom stereocenters. The number of amides is 1. The lowest BCUT2D eigenvalue weighted by Crippen LogP contribution is -2.31. The van der Waals surface area contributed by atoms with Gasteiger partial charge in [0, 0.05) is 66.9 Å². The predicted octanol–water partition coefficient (Wildman–Crippen LogP) is 18.6. The van der Waals surface area contributed by atoms with E-state index in [-0.39, 0.29) is 49.3 Å². The Morgan fingerprint density at radius 2 is 1.05 bits per heavy atom. The Hall–Kier alpha value is -4.35. The van der Waals surface area contributed by atoms with Gasteiger partial charge in [-0.05, 0) is 57.2 Å². The van der Waals surface area contributed by atoms with Crippen LogP contribution in [0.3, 0.4) is 0 Å². The van der Waals surface area contributed by atoms with Gasteiger partial charge >= 0.3 is 11.9 Å². The van der Waals surface area contributed by atoms with Crippen LogP contribution >= 0.6 is 7.82 Å². The number of hydrogen-bond donors (Lipinski definition) is 1. The number of unbranched alkanes of at least 4 members (excludes halogenated alkanes) is 30. The lowest BCUT2D eigenvalue weighted by molar-refractivity contribution is -0.401. The highest BCUT2D eigenvalue weighted by Crippen LogP contribution is 2.48. The summed E-state index contributed by atoms with van der Waals surface area (Å²) in [6, 6.07) is 17.2. The Labute approximate surface area is 522 Å². The van der Waals surface area contributed by atoms with E-state index in [1.807, 2.05) is 0 Å². The van der Waals surface area contributed by atoms with E-state index < -0.39 is 32.5 Å². The smallest absolute Gasteiger partial charge is 0.306 e. The van der Waals surface area contributed by atoms with Gasteiger partial charge in [0.25, 0.3) is 7.82 Å². The number of allylic oxidation sites excluding steroid dienone is 6. The monoisotopic (exact) mass is 1210 g/mol. The summed E-state index contributed by atoms with van der Waals surface area (Å²) in [4.78, 5) is 53.9. The third kappa shape index (κ3) is 28.9. The third-order valence-corrected chi connectivity index (χ3v) is 18.5. The van der Waals surface area contributed by atoms with Gasteiger partial charge in [0.1, 0.15) is 13.7 Å². The number of phosphoric ester groups is 1. The average molecular weight is 1210 g/mol. The summed E-state index contributed by atoms with van der Waals surface area (Å²) < 4.78 is 36.6. The molecule has 12 nitrogen and oxygen atoms in total. The lowest BCUT2D eigenvalue weighted by atomic mass is 9.81. The highest BCUT2D eigenvalue weighted by atomic mass is 31.2. The highest BCUT2D eigenvalue weighted by molar-refractivity contribution is 7.45. The minimum Gasteiger partial charge on any atom is -0.756 e. The number of ether oxygens (including phenoxy) is 2. The Morgan fingerprint density at radius 1 is 0.570 bits per heavy atom. The molecule has 0 spiro atoms. The number of esters is 2. The largest absolute Gasteiger partial charge is 0.756 e. The molecule has 1 unspecified atom stereocenters. The predicted molar refractivity (Wildman–Crippen MR) is 354 cm³/mol. The van der Waals surface area contributed by atoms with Crippen LogP contribution in [0.25, 0.3) is 0 Å². The van der Waals surface area contributed by atoms with Gasteiger partial charge < -0.3 is 33.6 Å². The van der Waals surface area contributed by atoms with Gasteiger partial charge in [-0.25, -0.2) is 0 Å². The lowest BCUT2D eigenvalue weighted by Gasteiger charge is -2.27. The molecule has 13 heteroatoms. The van der Waals surface area contributed by atoms with E-state index in [0.29, 0.717) is 25.7 Å². The number of fused-ring (bicyclic) bond motifs is 2. The standard InChI is InChI=1S/C73H118N3O9P/c1-8-10-12-14-16-18-20-22-24-26-28-30-32-34-41-55-70(78)82-60-62(85-71(79)56-42-35-33-31-29-27-25-23-21-19-17-15-13-11-9-2)61-84-86(80,81)83-59-57-74-69(77)54-40-37-47-58-76-66-51-46-44-49-64(66)73(5,6)68(76)53-39-36-38-52-67-72(3,4)63-48-43-45-50-65(63)75(67)7/h36,38-39,43-46,48-53,62H,8-35,37,40-42,47,54-61H2,1-7H3,(H-,74,77,80,81)/t62-/m1/s1. The van der Waals surface area contributed by atoms with Crippen LogP contribution in [0.4, 0.5) is 11.4 Å². The number of hydrogen-bond acceptors (Lipinski definition) is 10. The van der Waals surface area contributed by atoms with Crippen LogP contribution in [0.5, 0.6) is 0 Å². The highest BCUT2D eigenvalue weighted by Gasteiger charge is 2.42. The van der Waals surface area contributed by atoms with E-state index >= 15 is 0 Å². The molecule has 2 aliphatic rings. The zero-order valence-electron chi connectivity index (χ0n) is 55.1. The summed E-state index contributed by atoms with van der Waals surface area (Å²) in [6.45, 7) is 13.2. The first-order chi connectivity index (χ1) is 41.6. The van der Waals surface area contributed by atoms with Crippen molar-refractivity contribution in [3.63, 3.8) is 0 Å². The van der Waals surface area contributed by atoms with Crippen LogP contribution in [-0.2, 0) is 48.3 Å². The number of phosphoric acid groups is 1. The summed E-state index contributed by atoms with van der Waals surface area (Å²) in [7, 11) is -2.73. The number of para-hydroxylation sites is 2. The quantitative estimate of drug-likeness (QED) is 0.0223. The molecular weight excluding hydrogens is 1090 g/mol. The molecule has 0 fully saturated rings. The number of carbonyl (C=O) groups is 3. The number of nitrogens with one attached hydrogen (secondary N) is 1. The molecule has 2 aromatic carbocycles. The van der Waals surface area contributed by atoms with Gasteiger partial charge in [0.05, 0.1) is 18.6 Å². The molecule has 1 amide bonds. The maximum Gasteiger partial charge on any atom is 0.306 e. The molecule has 484 valence electrons. The molecule has 0 saturated carbocycles. The first-order valence-electron chi connectivity index (χ1n) is 34.5. The summed E-state index contributed by atoms with van der Waals surface area (Å²) in [6.07, 6.45) is 49.5. The molecule has 2 aliphatic heterocycles. The van der Waals surface area contributed by atoms with Crippen molar-refractivity contribution in [1.82, 2.24) is 5.32 Å². The minimum absolute atomic E-state index is 0.0268. The number of rotatable bonds is 51. The van der Waals surface area contributed by atoms with Gasteiger partial charge in [-0.2, -0.15) is 4.58 Å². The van der Waals surface area contributed by atoms with E-state index in [1.165, 1.54) is 175 Å². The van der Waals surface area contributed by atoms with Crippen molar-refractivity contribution in [3.05, 3.63) is 95.7 Å². The summed E-state index contributed by atoms with van der Waals surface area (Å²) in [5.74, 6) is -1.10. The van der Waals surface area contributed by atoms with Crippen LogP contribution in [0.1, 0.15) is 284 Å². The van der Waals surface area contributed by atoms with E-state index in [9.17, 15) is 23.8 Å².